The first-order chi connectivity index (χ1) is 16.1. The Hall–Kier alpha value is -3.43. The number of amides is 1. The fourth-order valence-corrected chi connectivity index (χ4v) is 5.05. The molecule has 3 aromatic carbocycles. The number of halogens is 1. The van der Waals surface area contributed by atoms with Gasteiger partial charge in [-0.05, 0) is 29.8 Å². The molecule has 2 aliphatic heterocycles. The molecule has 0 bridgehead atoms. The number of fused-ring (bicyclic) bond motifs is 5. The maximum atomic E-state index is 13.3. The quantitative estimate of drug-likeness (QED) is 0.361. The summed E-state index contributed by atoms with van der Waals surface area (Å²) >= 11 is 4.97. The molecule has 1 atom stereocenters. The van der Waals surface area contributed by atoms with Crippen LogP contribution in [0.2, 0.25) is 0 Å². The Morgan fingerprint density at radius 3 is 2.67 bits per heavy atom. The van der Waals surface area contributed by atoms with Gasteiger partial charge in [0.15, 0.2) is 5.69 Å². The van der Waals surface area contributed by atoms with Crippen molar-refractivity contribution in [3.8, 4) is 17.1 Å². The number of nitrogens with one attached hydrogen (secondary N) is 2. The molecule has 3 heterocycles. The molecule has 2 N–H and O–H groups in total. The van der Waals surface area contributed by atoms with E-state index in [9.17, 15) is 4.79 Å². The number of carbonyl (C=O) groups is 1. The lowest BCUT2D eigenvalue weighted by Crippen LogP contribution is -2.47. The van der Waals surface area contributed by atoms with Crippen molar-refractivity contribution in [1.82, 2.24) is 15.2 Å². The molecule has 1 amide bonds. The summed E-state index contributed by atoms with van der Waals surface area (Å²) in [7, 11) is 0. The van der Waals surface area contributed by atoms with Gasteiger partial charge in [-0.15, -0.1) is 10.2 Å². The Balaban J connectivity index is 1.46. The maximum Gasteiger partial charge on any atom is 0.295 e. The molecule has 0 radical (unpaired) electrons. The lowest BCUT2D eigenvalue weighted by Gasteiger charge is -2.28. The van der Waals surface area contributed by atoms with E-state index < -0.39 is 5.72 Å². The van der Waals surface area contributed by atoms with Gasteiger partial charge < -0.3 is 15.4 Å². The molecule has 4 aromatic rings. The summed E-state index contributed by atoms with van der Waals surface area (Å²) in [5.74, 6) is 0.619. The third kappa shape index (κ3) is 3.44. The number of benzene rings is 3. The van der Waals surface area contributed by atoms with Gasteiger partial charge in [0.1, 0.15) is 0 Å². The molecule has 162 valence electrons. The largest absolute Gasteiger partial charge is 0.435 e. The van der Waals surface area contributed by atoms with E-state index in [1.165, 1.54) is 11.8 Å². The van der Waals surface area contributed by atoms with Crippen LogP contribution >= 0.6 is 27.7 Å². The van der Waals surface area contributed by atoms with Gasteiger partial charge >= 0.3 is 0 Å². The van der Waals surface area contributed by atoms with Crippen molar-refractivity contribution in [1.29, 1.82) is 0 Å². The summed E-state index contributed by atoms with van der Waals surface area (Å²) < 4.78 is 7.24. The van der Waals surface area contributed by atoms with Gasteiger partial charge in [0.2, 0.25) is 11.0 Å². The van der Waals surface area contributed by atoms with E-state index in [-0.39, 0.29) is 11.8 Å². The van der Waals surface area contributed by atoms with Crippen molar-refractivity contribution in [2.75, 3.05) is 10.6 Å². The van der Waals surface area contributed by atoms with E-state index >= 15 is 0 Å². The highest BCUT2D eigenvalue weighted by Gasteiger charge is 2.52. The number of aromatic nitrogens is 3. The van der Waals surface area contributed by atoms with Crippen molar-refractivity contribution >= 4 is 45.0 Å². The summed E-state index contributed by atoms with van der Waals surface area (Å²) in [5, 5.41) is 15.5. The fraction of sp³-hybridized carbons (Fsp3) is 0.0833. The molecule has 7 nitrogen and oxygen atoms in total. The zero-order valence-corrected chi connectivity index (χ0v) is 19.5. The van der Waals surface area contributed by atoms with Crippen LogP contribution < -0.4 is 15.4 Å². The fourth-order valence-electron chi connectivity index (χ4n) is 3.95. The Bertz CT molecular complexity index is 1400. The zero-order chi connectivity index (χ0) is 22.4. The zero-order valence-electron chi connectivity index (χ0n) is 17.1. The number of anilines is 2. The van der Waals surface area contributed by atoms with E-state index in [2.05, 4.69) is 41.7 Å². The SMILES string of the molecule is O=C1Nc2ccc(Br)cc2[C@@]12Nc1ccccc1-c1nnc(SCc3ccccc3)nc1O2. The normalized spacial score (nSPS) is 17.8. The van der Waals surface area contributed by atoms with E-state index in [4.69, 9.17) is 4.74 Å². The predicted molar refractivity (Wildman–Crippen MR) is 130 cm³/mol. The number of thioether (sulfide) groups is 1. The van der Waals surface area contributed by atoms with Crippen molar-refractivity contribution in [2.45, 2.75) is 16.6 Å². The number of ether oxygens (including phenoxy) is 1. The number of para-hydroxylation sites is 1. The summed E-state index contributed by atoms with van der Waals surface area (Å²) in [6.45, 7) is 0. The highest BCUT2D eigenvalue weighted by Crippen LogP contribution is 2.47. The second kappa shape index (κ2) is 7.86. The molecule has 2 aliphatic rings. The van der Waals surface area contributed by atoms with Gasteiger partial charge in [-0.2, -0.15) is 4.98 Å². The average molecular weight is 518 g/mol. The van der Waals surface area contributed by atoms with Gasteiger partial charge in [-0.25, -0.2) is 0 Å². The van der Waals surface area contributed by atoms with Crippen LogP contribution in [0.25, 0.3) is 11.3 Å². The van der Waals surface area contributed by atoms with E-state index in [0.717, 1.165) is 15.6 Å². The molecule has 0 fully saturated rings. The Labute approximate surface area is 202 Å². The second-order valence-corrected chi connectivity index (χ2v) is 9.48. The third-order valence-electron chi connectivity index (χ3n) is 5.52. The molecule has 9 heteroatoms. The minimum atomic E-state index is -1.49. The van der Waals surface area contributed by atoms with E-state index in [1.807, 2.05) is 72.8 Å². The van der Waals surface area contributed by atoms with Crippen LogP contribution in [-0.2, 0) is 16.3 Å². The van der Waals surface area contributed by atoms with Gasteiger partial charge in [0.25, 0.3) is 11.6 Å². The summed E-state index contributed by atoms with van der Waals surface area (Å²) in [5.41, 5.74) is 2.96. The second-order valence-electron chi connectivity index (χ2n) is 7.62. The minimum absolute atomic E-state index is 0.251. The van der Waals surface area contributed by atoms with Gasteiger partial charge in [-0.3, -0.25) is 4.79 Å². The number of rotatable bonds is 3. The monoisotopic (exact) mass is 517 g/mol. The third-order valence-corrected chi connectivity index (χ3v) is 6.92. The lowest BCUT2D eigenvalue weighted by molar-refractivity contribution is -0.128. The molecule has 33 heavy (non-hydrogen) atoms. The minimum Gasteiger partial charge on any atom is -0.435 e. The Kier molecular flexibility index (Phi) is 4.81. The van der Waals surface area contributed by atoms with Gasteiger partial charge in [0.05, 0.1) is 11.3 Å². The van der Waals surface area contributed by atoms with Gasteiger partial charge in [0, 0.05) is 21.5 Å². The van der Waals surface area contributed by atoms with E-state index in [0.29, 0.717) is 33.5 Å². The topological polar surface area (TPSA) is 89.0 Å². The van der Waals surface area contributed by atoms with Crippen LogP contribution in [0.3, 0.4) is 0 Å². The van der Waals surface area contributed by atoms with Gasteiger partial charge in [-0.1, -0.05) is 76.2 Å². The molecule has 6 rings (SSSR count). The molecule has 1 aromatic heterocycles. The van der Waals surface area contributed by atoms with Crippen molar-refractivity contribution in [3.05, 3.63) is 88.4 Å². The smallest absolute Gasteiger partial charge is 0.295 e. The number of nitrogens with zero attached hydrogens (tertiary/aromatic N) is 3. The maximum absolute atomic E-state index is 13.3. The molecule has 0 saturated heterocycles. The van der Waals surface area contributed by atoms with Crippen LogP contribution in [0.1, 0.15) is 11.1 Å². The van der Waals surface area contributed by atoms with Crippen molar-refractivity contribution in [2.24, 2.45) is 0 Å². The lowest BCUT2D eigenvalue weighted by atomic mass is 10.0. The standard InChI is InChI=1S/C24H16BrN5O2S/c25-15-10-11-19-17(12-15)24(22(31)26-19)28-18-9-5-4-8-16(18)20-21(32-24)27-23(30-29-20)33-13-14-6-2-1-3-7-14/h1-12,28H,13H2,(H,26,31)/t24-/m0/s1. The number of carbonyl (C=O) groups excluding carboxylic acids is 1. The molecular weight excluding hydrogens is 502 g/mol. The molecule has 0 aliphatic carbocycles. The van der Waals surface area contributed by atoms with Crippen molar-refractivity contribution in [3.63, 3.8) is 0 Å². The highest BCUT2D eigenvalue weighted by molar-refractivity contribution is 9.10. The first-order valence-electron chi connectivity index (χ1n) is 10.2. The average Bonchev–Trinajstić information content (AvgIpc) is 3.00. The summed E-state index contributed by atoms with van der Waals surface area (Å²) in [6, 6.07) is 23.2. The molecule has 1 spiro atoms. The van der Waals surface area contributed by atoms with Crippen LogP contribution in [-0.4, -0.2) is 21.1 Å². The van der Waals surface area contributed by atoms with Crippen molar-refractivity contribution < 1.29 is 9.53 Å². The molecule has 0 unspecified atom stereocenters. The first-order valence-corrected chi connectivity index (χ1v) is 12.0. The Morgan fingerprint density at radius 1 is 0.970 bits per heavy atom. The summed E-state index contributed by atoms with van der Waals surface area (Å²) in [4.78, 5) is 18.0. The van der Waals surface area contributed by atoms with Crippen LogP contribution in [0.5, 0.6) is 5.88 Å². The first kappa shape index (κ1) is 20.2. The Morgan fingerprint density at radius 2 is 1.79 bits per heavy atom. The van der Waals surface area contributed by atoms with E-state index in [1.54, 1.807) is 0 Å². The number of hydrogen-bond donors (Lipinski definition) is 2. The highest BCUT2D eigenvalue weighted by atomic mass is 79.9. The summed E-state index contributed by atoms with van der Waals surface area (Å²) in [6.07, 6.45) is 0. The number of hydrogen-bond acceptors (Lipinski definition) is 7. The molecular formula is C24H16BrN5O2S. The molecule has 0 saturated carbocycles. The van der Waals surface area contributed by atoms with Crippen LogP contribution in [0.4, 0.5) is 11.4 Å². The van der Waals surface area contributed by atoms with Crippen LogP contribution in [0, 0.1) is 0 Å². The predicted octanol–water partition coefficient (Wildman–Crippen LogP) is 5.20. The van der Waals surface area contributed by atoms with Crippen LogP contribution in [0.15, 0.2) is 82.4 Å².